The van der Waals surface area contributed by atoms with Gasteiger partial charge in [-0.05, 0) is 31.4 Å². The van der Waals surface area contributed by atoms with Crippen molar-refractivity contribution in [3.63, 3.8) is 0 Å². The van der Waals surface area contributed by atoms with Gasteiger partial charge in [0.05, 0.1) is 6.61 Å². The first-order valence-corrected chi connectivity index (χ1v) is 6.87. The predicted molar refractivity (Wildman–Crippen MR) is 71.2 cm³/mol. The zero-order valence-corrected chi connectivity index (χ0v) is 11.0. The normalized spacial score (nSPS) is 20.8. The molecule has 3 heteroatoms. The van der Waals surface area contributed by atoms with Crippen LogP contribution >= 0.6 is 0 Å². The maximum atomic E-state index is 10.5. The van der Waals surface area contributed by atoms with E-state index < -0.39 is 0 Å². The summed E-state index contributed by atoms with van der Waals surface area (Å²) in [6.07, 6.45) is 5.50. The number of phenols is 1. The fourth-order valence-electron chi connectivity index (χ4n) is 3.63. The molecule has 1 aromatic rings. The van der Waals surface area contributed by atoms with Gasteiger partial charge < -0.3 is 15.6 Å². The maximum absolute atomic E-state index is 10.5. The van der Waals surface area contributed by atoms with Crippen molar-refractivity contribution < 1.29 is 9.84 Å². The van der Waals surface area contributed by atoms with Gasteiger partial charge in [0.25, 0.3) is 0 Å². The largest absolute Gasteiger partial charge is 0.507 e. The molecule has 1 saturated carbocycles. The highest BCUT2D eigenvalue weighted by atomic mass is 16.5. The molecule has 0 bridgehead atoms. The molecular formula is C15H21NO2. The molecule has 0 atom stereocenters. The molecule has 0 unspecified atom stereocenters. The summed E-state index contributed by atoms with van der Waals surface area (Å²) in [5.41, 5.74) is 9.24. The van der Waals surface area contributed by atoms with Crippen LogP contribution < -0.4 is 10.5 Å². The van der Waals surface area contributed by atoms with E-state index in [-0.39, 0.29) is 5.41 Å². The molecular weight excluding hydrogens is 226 g/mol. The summed E-state index contributed by atoms with van der Waals surface area (Å²) in [6, 6.07) is 1.96. The van der Waals surface area contributed by atoms with Gasteiger partial charge in [-0.1, -0.05) is 12.8 Å². The molecule has 0 saturated heterocycles. The minimum atomic E-state index is -0.0200. The van der Waals surface area contributed by atoms with Gasteiger partial charge in [0.2, 0.25) is 0 Å². The van der Waals surface area contributed by atoms with E-state index in [0.29, 0.717) is 12.3 Å². The Kier molecular flexibility index (Phi) is 2.74. The number of phenolic OH excluding ortho intramolecular Hbond substituents is 1. The highest BCUT2D eigenvalue weighted by Gasteiger charge is 2.40. The van der Waals surface area contributed by atoms with Crippen LogP contribution in [0.4, 0.5) is 0 Å². The number of aryl methyl sites for hydroxylation is 1. The van der Waals surface area contributed by atoms with Crippen LogP contribution in [0.5, 0.6) is 11.5 Å². The van der Waals surface area contributed by atoms with E-state index in [9.17, 15) is 5.11 Å². The molecule has 1 aliphatic heterocycles. The molecule has 0 radical (unpaired) electrons. The Morgan fingerprint density at radius 3 is 2.78 bits per heavy atom. The highest BCUT2D eigenvalue weighted by Crippen LogP contribution is 2.49. The lowest BCUT2D eigenvalue weighted by Gasteiger charge is -2.31. The summed E-state index contributed by atoms with van der Waals surface area (Å²) >= 11 is 0. The van der Waals surface area contributed by atoms with Gasteiger partial charge in [-0.2, -0.15) is 0 Å². The minimum absolute atomic E-state index is 0.0200. The van der Waals surface area contributed by atoms with Gasteiger partial charge in [-0.15, -0.1) is 0 Å². The third kappa shape index (κ3) is 1.53. The number of hydrogen-bond donors (Lipinski definition) is 2. The van der Waals surface area contributed by atoms with Crippen LogP contribution in [0.2, 0.25) is 0 Å². The number of hydrogen-bond acceptors (Lipinski definition) is 3. The summed E-state index contributed by atoms with van der Waals surface area (Å²) in [4.78, 5) is 0. The van der Waals surface area contributed by atoms with E-state index in [1.165, 1.54) is 18.4 Å². The van der Waals surface area contributed by atoms with E-state index in [1.807, 2.05) is 13.0 Å². The molecule has 18 heavy (non-hydrogen) atoms. The summed E-state index contributed by atoms with van der Waals surface area (Å²) in [5, 5.41) is 10.5. The molecule has 1 heterocycles. The summed E-state index contributed by atoms with van der Waals surface area (Å²) in [5.74, 6) is 1.41. The average molecular weight is 247 g/mol. The second kappa shape index (κ2) is 4.16. The van der Waals surface area contributed by atoms with Gasteiger partial charge in [-0.25, -0.2) is 0 Å². The Hall–Kier alpha value is -1.22. The SMILES string of the molecule is Cc1cc2c(c(C3(CN)CCCC3)c1O)CCO2. The Morgan fingerprint density at radius 2 is 2.11 bits per heavy atom. The van der Waals surface area contributed by atoms with Crippen LogP contribution in [0.15, 0.2) is 6.07 Å². The molecule has 1 aromatic carbocycles. The van der Waals surface area contributed by atoms with Crippen molar-refractivity contribution in [2.75, 3.05) is 13.2 Å². The molecule has 0 amide bonds. The predicted octanol–water partition coefficient (Wildman–Crippen LogP) is 2.41. The lowest BCUT2D eigenvalue weighted by atomic mass is 9.75. The number of aromatic hydroxyl groups is 1. The Labute approximate surface area is 108 Å². The summed E-state index contributed by atoms with van der Waals surface area (Å²) in [7, 11) is 0. The summed E-state index contributed by atoms with van der Waals surface area (Å²) in [6.45, 7) is 3.29. The van der Waals surface area contributed by atoms with E-state index in [4.69, 9.17) is 10.5 Å². The third-order valence-electron chi connectivity index (χ3n) is 4.65. The van der Waals surface area contributed by atoms with Crippen molar-refractivity contribution in [2.45, 2.75) is 44.4 Å². The van der Waals surface area contributed by atoms with E-state index >= 15 is 0 Å². The van der Waals surface area contributed by atoms with Crippen molar-refractivity contribution in [2.24, 2.45) is 5.73 Å². The number of benzene rings is 1. The lowest BCUT2D eigenvalue weighted by Crippen LogP contribution is -2.33. The first-order chi connectivity index (χ1) is 8.68. The van der Waals surface area contributed by atoms with Gasteiger partial charge in [-0.3, -0.25) is 0 Å². The fourth-order valence-corrected chi connectivity index (χ4v) is 3.63. The third-order valence-corrected chi connectivity index (χ3v) is 4.65. The van der Waals surface area contributed by atoms with Crippen molar-refractivity contribution in [3.8, 4) is 11.5 Å². The maximum Gasteiger partial charge on any atom is 0.123 e. The lowest BCUT2D eigenvalue weighted by molar-refractivity contribution is 0.356. The first-order valence-electron chi connectivity index (χ1n) is 6.87. The zero-order valence-electron chi connectivity index (χ0n) is 11.0. The Bertz CT molecular complexity index is 476. The molecule has 1 fully saturated rings. The Balaban J connectivity index is 2.21. The highest BCUT2D eigenvalue weighted by molar-refractivity contribution is 5.57. The molecule has 3 nitrogen and oxygen atoms in total. The van der Waals surface area contributed by atoms with Crippen molar-refractivity contribution in [1.82, 2.24) is 0 Å². The smallest absolute Gasteiger partial charge is 0.123 e. The first kappa shape index (κ1) is 11.8. The second-order valence-electron chi connectivity index (χ2n) is 5.68. The van der Waals surface area contributed by atoms with Gasteiger partial charge in [0.1, 0.15) is 11.5 Å². The van der Waals surface area contributed by atoms with Gasteiger partial charge >= 0.3 is 0 Å². The van der Waals surface area contributed by atoms with Crippen LogP contribution in [0, 0.1) is 6.92 Å². The monoisotopic (exact) mass is 247 g/mol. The van der Waals surface area contributed by atoms with Crippen molar-refractivity contribution in [1.29, 1.82) is 0 Å². The topological polar surface area (TPSA) is 55.5 Å². The number of fused-ring (bicyclic) bond motifs is 1. The van der Waals surface area contributed by atoms with Crippen LogP contribution in [-0.2, 0) is 11.8 Å². The number of nitrogens with two attached hydrogens (primary N) is 1. The van der Waals surface area contributed by atoms with Crippen LogP contribution in [0.25, 0.3) is 0 Å². The minimum Gasteiger partial charge on any atom is -0.507 e. The molecule has 2 aliphatic rings. The summed E-state index contributed by atoms with van der Waals surface area (Å²) < 4.78 is 5.67. The second-order valence-corrected chi connectivity index (χ2v) is 5.68. The molecule has 1 aliphatic carbocycles. The molecule has 3 rings (SSSR count). The van der Waals surface area contributed by atoms with Gasteiger partial charge in [0, 0.05) is 29.5 Å². The van der Waals surface area contributed by atoms with Crippen LogP contribution in [-0.4, -0.2) is 18.3 Å². The van der Waals surface area contributed by atoms with E-state index in [1.54, 1.807) is 0 Å². The Morgan fingerprint density at radius 1 is 1.39 bits per heavy atom. The molecule has 0 aromatic heterocycles. The number of rotatable bonds is 2. The van der Waals surface area contributed by atoms with Crippen LogP contribution in [0.3, 0.4) is 0 Å². The van der Waals surface area contributed by atoms with E-state index in [0.717, 1.165) is 42.7 Å². The van der Waals surface area contributed by atoms with E-state index in [2.05, 4.69) is 0 Å². The molecule has 0 spiro atoms. The van der Waals surface area contributed by atoms with Crippen molar-refractivity contribution in [3.05, 3.63) is 22.8 Å². The molecule has 98 valence electrons. The molecule has 3 N–H and O–H groups in total. The average Bonchev–Trinajstić information content (AvgIpc) is 3.00. The zero-order chi connectivity index (χ0) is 12.8. The standard InChI is InChI=1S/C15H21NO2/c1-10-8-12-11(4-7-18-12)13(14(10)17)15(9-16)5-2-3-6-15/h8,17H,2-7,9,16H2,1H3. The van der Waals surface area contributed by atoms with Crippen LogP contribution in [0.1, 0.15) is 42.4 Å². The van der Waals surface area contributed by atoms with Gasteiger partial charge in [0.15, 0.2) is 0 Å². The quantitative estimate of drug-likeness (QED) is 0.843. The van der Waals surface area contributed by atoms with Crippen molar-refractivity contribution >= 4 is 0 Å². The number of ether oxygens (including phenoxy) is 1. The fraction of sp³-hybridized carbons (Fsp3) is 0.600.